The second kappa shape index (κ2) is 4.89. The van der Waals surface area contributed by atoms with E-state index >= 15 is 0 Å². The lowest BCUT2D eigenvalue weighted by atomic mass is 10.2. The molecule has 1 aromatic heterocycles. The first kappa shape index (κ1) is 12.1. The highest BCUT2D eigenvalue weighted by atomic mass is 35.5. The fraction of sp³-hybridized carbons (Fsp3) is 0.455. The Morgan fingerprint density at radius 1 is 1.59 bits per heavy atom. The SMILES string of the molecule is CN1CCN(c2ncccc2Cl)CC1C(=O)O. The largest absolute Gasteiger partial charge is 0.480 e. The van der Waals surface area contributed by atoms with E-state index < -0.39 is 12.0 Å². The highest BCUT2D eigenvalue weighted by molar-refractivity contribution is 6.32. The van der Waals surface area contributed by atoms with Crippen LogP contribution in [0.2, 0.25) is 5.02 Å². The first-order valence-corrected chi connectivity index (χ1v) is 5.76. The topological polar surface area (TPSA) is 56.7 Å². The van der Waals surface area contributed by atoms with Crippen LogP contribution in [0.25, 0.3) is 0 Å². The van der Waals surface area contributed by atoms with Crippen LogP contribution in [-0.4, -0.2) is 53.7 Å². The molecule has 1 N–H and O–H groups in total. The minimum absolute atomic E-state index is 0.405. The number of likely N-dealkylation sites (N-methyl/N-ethyl adjacent to an activating group) is 1. The van der Waals surface area contributed by atoms with E-state index in [0.29, 0.717) is 23.9 Å². The summed E-state index contributed by atoms with van der Waals surface area (Å²) in [6.45, 7) is 1.82. The molecular weight excluding hydrogens is 242 g/mol. The molecule has 5 nitrogen and oxygen atoms in total. The average molecular weight is 256 g/mol. The summed E-state index contributed by atoms with van der Waals surface area (Å²) in [6.07, 6.45) is 1.66. The minimum Gasteiger partial charge on any atom is -0.480 e. The van der Waals surface area contributed by atoms with E-state index in [1.165, 1.54) is 0 Å². The van der Waals surface area contributed by atoms with Crippen LogP contribution in [0, 0.1) is 0 Å². The number of hydrogen-bond acceptors (Lipinski definition) is 4. The number of nitrogens with zero attached hydrogens (tertiary/aromatic N) is 3. The van der Waals surface area contributed by atoms with Gasteiger partial charge in [0, 0.05) is 25.8 Å². The Morgan fingerprint density at radius 3 is 3.00 bits per heavy atom. The van der Waals surface area contributed by atoms with Crippen LogP contribution >= 0.6 is 11.6 Å². The zero-order valence-corrected chi connectivity index (χ0v) is 10.3. The van der Waals surface area contributed by atoms with E-state index in [9.17, 15) is 4.79 Å². The van der Waals surface area contributed by atoms with Gasteiger partial charge in [0.1, 0.15) is 11.9 Å². The number of carboxylic acids is 1. The first-order valence-electron chi connectivity index (χ1n) is 5.38. The Kier molecular flexibility index (Phi) is 3.49. The highest BCUT2D eigenvalue weighted by Crippen LogP contribution is 2.24. The Balaban J connectivity index is 2.19. The lowest BCUT2D eigenvalue weighted by Crippen LogP contribution is -2.55. The van der Waals surface area contributed by atoms with Gasteiger partial charge in [-0.15, -0.1) is 0 Å². The summed E-state index contributed by atoms with van der Waals surface area (Å²) in [7, 11) is 1.82. The molecule has 1 atom stereocenters. The molecule has 0 amide bonds. The molecule has 2 rings (SSSR count). The number of carboxylic acid groups (broad SMARTS) is 1. The Bertz CT molecular complexity index is 427. The van der Waals surface area contributed by atoms with Gasteiger partial charge in [0.2, 0.25) is 0 Å². The molecule has 1 fully saturated rings. The molecular formula is C11H14ClN3O2. The van der Waals surface area contributed by atoms with Gasteiger partial charge in [-0.3, -0.25) is 9.69 Å². The quantitative estimate of drug-likeness (QED) is 0.852. The van der Waals surface area contributed by atoms with Crippen molar-refractivity contribution in [1.82, 2.24) is 9.88 Å². The number of hydrogen-bond donors (Lipinski definition) is 1. The van der Waals surface area contributed by atoms with Crippen molar-refractivity contribution in [2.24, 2.45) is 0 Å². The summed E-state index contributed by atoms with van der Waals surface area (Å²) in [6, 6.07) is 3.01. The Labute approximate surface area is 105 Å². The van der Waals surface area contributed by atoms with E-state index in [2.05, 4.69) is 4.98 Å². The lowest BCUT2D eigenvalue weighted by molar-refractivity contribution is -0.142. The monoisotopic (exact) mass is 255 g/mol. The number of anilines is 1. The molecule has 1 aromatic rings. The van der Waals surface area contributed by atoms with Crippen molar-refractivity contribution in [3.8, 4) is 0 Å². The van der Waals surface area contributed by atoms with Gasteiger partial charge in [0.05, 0.1) is 5.02 Å². The Hall–Kier alpha value is -1.33. The molecule has 1 unspecified atom stereocenters. The van der Waals surface area contributed by atoms with Gasteiger partial charge in [0.15, 0.2) is 0 Å². The van der Waals surface area contributed by atoms with Crippen LogP contribution in [0.1, 0.15) is 0 Å². The zero-order chi connectivity index (χ0) is 12.4. The number of pyridine rings is 1. The van der Waals surface area contributed by atoms with E-state index in [0.717, 1.165) is 6.54 Å². The maximum Gasteiger partial charge on any atom is 0.322 e. The van der Waals surface area contributed by atoms with E-state index in [1.807, 2.05) is 16.8 Å². The lowest BCUT2D eigenvalue weighted by Gasteiger charge is -2.38. The van der Waals surface area contributed by atoms with Gasteiger partial charge < -0.3 is 10.0 Å². The normalized spacial score (nSPS) is 21.5. The number of aromatic nitrogens is 1. The van der Waals surface area contributed by atoms with Gasteiger partial charge in [-0.05, 0) is 19.2 Å². The molecule has 0 saturated carbocycles. The molecule has 1 aliphatic heterocycles. The van der Waals surface area contributed by atoms with Crippen molar-refractivity contribution >= 4 is 23.4 Å². The number of carbonyl (C=O) groups is 1. The molecule has 92 valence electrons. The number of aliphatic carboxylic acids is 1. The fourth-order valence-electron chi connectivity index (χ4n) is 1.94. The predicted molar refractivity (Wildman–Crippen MR) is 65.5 cm³/mol. The van der Waals surface area contributed by atoms with Crippen LogP contribution < -0.4 is 4.90 Å². The smallest absolute Gasteiger partial charge is 0.322 e. The molecule has 17 heavy (non-hydrogen) atoms. The summed E-state index contributed by atoms with van der Waals surface area (Å²) >= 11 is 6.06. The first-order chi connectivity index (χ1) is 8.09. The summed E-state index contributed by atoms with van der Waals surface area (Å²) < 4.78 is 0. The third kappa shape index (κ3) is 2.50. The summed E-state index contributed by atoms with van der Waals surface area (Å²) in [5.41, 5.74) is 0. The number of rotatable bonds is 2. The molecule has 0 aliphatic carbocycles. The van der Waals surface area contributed by atoms with Crippen molar-refractivity contribution in [2.75, 3.05) is 31.6 Å². The maximum atomic E-state index is 11.1. The minimum atomic E-state index is -0.816. The van der Waals surface area contributed by atoms with Crippen LogP contribution in [0.3, 0.4) is 0 Å². The van der Waals surface area contributed by atoms with Gasteiger partial charge in [0.25, 0.3) is 0 Å². The van der Waals surface area contributed by atoms with Gasteiger partial charge in [-0.25, -0.2) is 4.98 Å². The molecule has 0 spiro atoms. The van der Waals surface area contributed by atoms with Crippen LogP contribution in [-0.2, 0) is 4.79 Å². The van der Waals surface area contributed by atoms with Crippen molar-refractivity contribution in [1.29, 1.82) is 0 Å². The third-order valence-electron chi connectivity index (χ3n) is 2.97. The highest BCUT2D eigenvalue weighted by Gasteiger charge is 2.30. The molecule has 6 heteroatoms. The fourth-order valence-corrected chi connectivity index (χ4v) is 2.18. The van der Waals surface area contributed by atoms with Crippen molar-refractivity contribution in [3.05, 3.63) is 23.4 Å². The molecule has 0 bridgehead atoms. The van der Waals surface area contributed by atoms with E-state index in [4.69, 9.17) is 16.7 Å². The van der Waals surface area contributed by atoms with Crippen molar-refractivity contribution < 1.29 is 9.90 Å². The van der Waals surface area contributed by atoms with E-state index in [1.54, 1.807) is 18.3 Å². The third-order valence-corrected chi connectivity index (χ3v) is 3.27. The zero-order valence-electron chi connectivity index (χ0n) is 9.51. The van der Waals surface area contributed by atoms with Crippen LogP contribution in [0.15, 0.2) is 18.3 Å². The molecule has 1 aliphatic rings. The molecule has 0 radical (unpaired) electrons. The Morgan fingerprint density at radius 2 is 2.35 bits per heavy atom. The summed E-state index contributed by atoms with van der Waals surface area (Å²) in [4.78, 5) is 19.1. The second-order valence-electron chi connectivity index (χ2n) is 4.09. The molecule has 2 heterocycles. The second-order valence-corrected chi connectivity index (χ2v) is 4.50. The number of piperazine rings is 1. The van der Waals surface area contributed by atoms with Gasteiger partial charge in [-0.1, -0.05) is 11.6 Å². The van der Waals surface area contributed by atoms with Crippen LogP contribution in [0.5, 0.6) is 0 Å². The van der Waals surface area contributed by atoms with Gasteiger partial charge >= 0.3 is 5.97 Å². The van der Waals surface area contributed by atoms with E-state index in [-0.39, 0.29) is 0 Å². The molecule has 0 aromatic carbocycles. The average Bonchev–Trinajstić information content (AvgIpc) is 2.30. The van der Waals surface area contributed by atoms with Crippen molar-refractivity contribution in [3.63, 3.8) is 0 Å². The van der Waals surface area contributed by atoms with Crippen LogP contribution in [0.4, 0.5) is 5.82 Å². The van der Waals surface area contributed by atoms with Gasteiger partial charge in [-0.2, -0.15) is 0 Å². The summed E-state index contributed by atoms with van der Waals surface area (Å²) in [5, 5.41) is 9.68. The maximum absolute atomic E-state index is 11.1. The van der Waals surface area contributed by atoms with Crippen molar-refractivity contribution in [2.45, 2.75) is 6.04 Å². The standard InChI is InChI=1S/C11H14ClN3O2/c1-14-5-6-15(7-9(14)11(16)17)10-8(12)3-2-4-13-10/h2-4,9H,5-7H2,1H3,(H,16,17). The number of halogens is 1. The summed E-state index contributed by atoms with van der Waals surface area (Å²) in [5.74, 6) is -0.155. The molecule has 1 saturated heterocycles. The predicted octanol–water partition coefficient (Wildman–Crippen LogP) is 0.940.